The van der Waals surface area contributed by atoms with Gasteiger partial charge in [-0.25, -0.2) is 9.59 Å². The van der Waals surface area contributed by atoms with Crippen molar-refractivity contribution in [2.24, 2.45) is 5.73 Å². The van der Waals surface area contributed by atoms with Crippen LogP contribution in [0.4, 0.5) is 5.69 Å². The minimum atomic E-state index is -1.24. The summed E-state index contributed by atoms with van der Waals surface area (Å²) in [7, 11) is 1.50. The number of hydrogen-bond donors (Lipinski definition) is 5. The molecular weight excluding hydrogens is 697 g/mol. The quantitative estimate of drug-likeness (QED) is 0.178. The number of likely N-dealkylation sites (N-methyl/N-ethyl adjacent to an activating group) is 1. The number of carboxylic acid groups (broad SMARTS) is 2. The highest BCUT2D eigenvalue weighted by Crippen LogP contribution is 2.37. The van der Waals surface area contributed by atoms with Crippen molar-refractivity contribution in [1.29, 1.82) is 0 Å². The van der Waals surface area contributed by atoms with Crippen molar-refractivity contribution in [3.63, 3.8) is 0 Å². The van der Waals surface area contributed by atoms with Gasteiger partial charge in [-0.1, -0.05) is 0 Å². The van der Waals surface area contributed by atoms with Gasteiger partial charge in [-0.05, 0) is 67.8 Å². The van der Waals surface area contributed by atoms with Crippen LogP contribution in [0.2, 0.25) is 0 Å². The van der Waals surface area contributed by atoms with E-state index in [4.69, 9.17) is 5.73 Å². The summed E-state index contributed by atoms with van der Waals surface area (Å²) in [6.45, 7) is 2.46. The number of nitrogens with one attached hydrogen (secondary N) is 2. The number of benzene rings is 1. The van der Waals surface area contributed by atoms with Gasteiger partial charge >= 0.3 is 11.9 Å². The van der Waals surface area contributed by atoms with Gasteiger partial charge in [0.25, 0.3) is 0 Å². The molecule has 0 unspecified atom stereocenters. The molecule has 27 heavy (non-hydrogen) atoms. The van der Waals surface area contributed by atoms with Crippen molar-refractivity contribution in [3.05, 3.63) is 21.8 Å². The van der Waals surface area contributed by atoms with Crippen LogP contribution in [0.3, 0.4) is 0 Å². The molecule has 0 spiro atoms. The summed E-state index contributed by atoms with van der Waals surface area (Å²) in [6.07, 6.45) is 0. The van der Waals surface area contributed by atoms with Crippen LogP contribution in [-0.4, -0.2) is 67.8 Å². The number of nitrogens with zero attached hydrogens (tertiary/aromatic N) is 1. The Balaban J connectivity index is 3.12. The summed E-state index contributed by atoms with van der Waals surface area (Å²) in [5, 5.41) is 25.1. The molecule has 0 saturated heterocycles. The van der Waals surface area contributed by atoms with Crippen molar-refractivity contribution >= 4 is 91.3 Å². The van der Waals surface area contributed by atoms with Crippen LogP contribution >= 0.6 is 67.8 Å². The lowest BCUT2D eigenvalue weighted by molar-refractivity contribution is -0.117. The first-order chi connectivity index (χ1) is 12.6. The Labute approximate surface area is 197 Å². The fraction of sp³-hybridized carbons (Fsp3) is 0.400. The van der Waals surface area contributed by atoms with Gasteiger partial charge in [0.05, 0.1) is 30.5 Å². The zero-order valence-electron chi connectivity index (χ0n) is 14.3. The number of carbonyl (C=O) groups is 3. The second-order valence-electron chi connectivity index (χ2n) is 5.32. The van der Waals surface area contributed by atoms with E-state index in [0.717, 1.165) is 0 Å². The maximum atomic E-state index is 12.5. The van der Waals surface area contributed by atoms with Gasteiger partial charge in [-0.2, -0.15) is 0 Å². The van der Waals surface area contributed by atoms with Crippen LogP contribution < -0.4 is 21.3 Å². The van der Waals surface area contributed by atoms with E-state index in [1.165, 1.54) is 11.9 Å². The molecule has 0 radical (unpaired) electrons. The fourth-order valence-electron chi connectivity index (χ4n) is 2.16. The van der Waals surface area contributed by atoms with Crippen LogP contribution in [0.15, 0.2) is 0 Å². The number of halogens is 3. The highest BCUT2D eigenvalue weighted by atomic mass is 127. The highest BCUT2D eigenvalue weighted by Gasteiger charge is 2.30. The lowest BCUT2D eigenvalue weighted by atomic mass is 10.1. The van der Waals surface area contributed by atoms with E-state index in [2.05, 4.69) is 10.6 Å². The van der Waals surface area contributed by atoms with Crippen molar-refractivity contribution in [2.45, 2.75) is 0 Å². The number of rotatable bonds is 10. The van der Waals surface area contributed by atoms with Crippen molar-refractivity contribution in [1.82, 2.24) is 10.6 Å². The Morgan fingerprint density at radius 2 is 1.41 bits per heavy atom. The van der Waals surface area contributed by atoms with E-state index in [1.54, 1.807) is 22.6 Å². The first-order valence-corrected chi connectivity index (χ1v) is 10.9. The molecule has 0 aliphatic carbocycles. The van der Waals surface area contributed by atoms with Gasteiger partial charge in [-0.3, -0.25) is 4.79 Å². The molecular formula is C15H19I3N4O5. The molecule has 0 fully saturated rings. The van der Waals surface area contributed by atoms with E-state index >= 15 is 0 Å². The SMILES string of the molecule is CN(C(=O)CNCCNCCN)c1c(I)c(C(=O)O)c(I)c(C(=O)O)c1I. The van der Waals surface area contributed by atoms with Crippen LogP contribution in [0.25, 0.3) is 0 Å². The molecule has 1 aromatic carbocycles. The highest BCUT2D eigenvalue weighted by molar-refractivity contribution is 14.1. The summed E-state index contributed by atoms with van der Waals surface area (Å²) < 4.78 is 0.772. The zero-order chi connectivity index (χ0) is 20.7. The van der Waals surface area contributed by atoms with Crippen LogP contribution in [-0.2, 0) is 4.79 Å². The Kier molecular flexibility index (Phi) is 10.7. The third kappa shape index (κ3) is 6.34. The van der Waals surface area contributed by atoms with Gasteiger partial charge < -0.3 is 31.5 Å². The second-order valence-corrected chi connectivity index (χ2v) is 8.56. The molecule has 150 valence electrons. The van der Waals surface area contributed by atoms with Gasteiger partial charge in [0, 0.05) is 36.8 Å². The van der Waals surface area contributed by atoms with E-state index in [-0.39, 0.29) is 32.8 Å². The Bertz CT molecular complexity index is 704. The molecule has 0 aromatic heterocycles. The summed E-state index contributed by atoms with van der Waals surface area (Å²) in [4.78, 5) is 37.1. The largest absolute Gasteiger partial charge is 0.478 e. The zero-order valence-corrected chi connectivity index (χ0v) is 20.8. The van der Waals surface area contributed by atoms with Crippen molar-refractivity contribution < 1.29 is 24.6 Å². The maximum absolute atomic E-state index is 12.5. The molecule has 0 bridgehead atoms. The summed E-state index contributed by atoms with van der Waals surface area (Å²) >= 11 is 5.39. The predicted molar refractivity (Wildman–Crippen MR) is 127 cm³/mol. The molecule has 6 N–H and O–H groups in total. The number of anilines is 1. The van der Waals surface area contributed by atoms with E-state index in [1.807, 2.05) is 45.2 Å². The summed E-state index contributed by atoms with van der Waals surface area (Å²) in [5.74, 6) is -2.79. The number of hydrogen-bond acceptors (Lipinski definition) is 6. The van der Waals surface area contributed by atoms with Gasteiger partial charge in [0.15, 0.2) is 0 Å². The predicted octanol–water partition coefficient (Wildman–Crippen LogP) is 0.998. The third-order valence-corrected chi connectivity index (χ3v) is 6.69. The second kappa shape index (κ2) is 11.6. The number of aromatic carboxylic acids is 2. The van der Waals surface area contributed by atoms with Crippen LogP contribution in [0.5, 0.6) is 0 Å². The average Bonchev–Trinajstić information content (AvgIpc) is 2.56. The van der Waals surface area contributed by atoms with Crippen LogP contribution in [0.1, 0.15) is 20.7 Å². The Hall–Kier alpha value is -0.300. The topological polar surface area (TPSA) is 145 Å². The smallest absolute Gasteiger partial charge is 0.337 e. The molecule has 1 aromatic rings. The number of amides is 1. The number of nitrogens with two attached hydrogens (primary N) is 1. The summed E-state index contributed by atoms with van der Waals surface area (Å²) in [5.41, 5.74) is 5.40. The van der Waals surface area contributed by atoms with Crippen molar-refractivity contribution in [3.8, 4) is 0 Å². The van der Waals surface area contributed by atoms with E-state index in [9.17, 15) is 24.6 Å². The molecule has 9 nitrogen and oxygen atoms in total. The molecule has 12 heteroatoms. The van der Waals surface area contributed by atoms with Gasteiger partial charge in [0.1, 0.15) is 0 Å². The molecule has 1 rings (SSSR count). The maximum Gasteiger partial charge on any atom is 0.337 e. The monoisotopic (exact) mass is 716 g/mol. The minimum absolute atomic E-state index is 0.0315. The van der Waals surface area contributed by atoms with E-state index in [0.29, 0.717) is 33.3 Å². The molecule has 0 aliphatic rings. The molecule has 0 saturated carbocycles. The summed E-state index contributed by atoms with van der Waals surface area (Å²) in [6, 6.07) is 0. The number of carbonyl (C=O) groups excluding carboxylic acids is 1. The minimum Gasteiger partial charge on any atom is -0.478 e. The first kappa shape index (κ1) is 24.7. The lowest BCUT2D eigenvalue weighted by Gasteiger charge is -2.24. The van der Waals surface area contributed by atoms with Gasteiger partial charge in [-0.15, -0.1) is 0 Å². The molecule has 0 heterocycles. The normalized spacial score (nSPS) is 10.7. The van der Waals surface area contributed by atoms with Gasteiger partial charge in [0.2, 0.25) is 5.91 Å². The first-order valence-electron chi connectivity index (χ1n) is 7.70. The standard InChI is InChI=1S/C15H19I3N4O5/c1-22(7(23)6-21-5-4-20-3-2-19)13-11(17)8(14(24)25)10(16)9(12(13)18)15(26)27/h20-21H,2-6,19H2,1H3,(H,24,25)(H,26,27). The average molecular weight is 716 g/mol. The van der Waals surface area contributed by atoms with Crippen molar-refractivity contribution in [2.75, 3.05) is 44.7 Å². The molecule has 0 atom stereocenters. The molecule has 1 amide bonds. The lowest BCUT2D eigenvalue weighted by Crippen LogP contribution is -2.39. The Morgan fingerprint density at radius 1 is 0.926 bits per heavy atom. The molecule has 0 aliphatic heterocycles. The number of carboxylic acids is 2. The fourth-order valence-corrected chi connectivity index (χ4v) is 6.98. The van der Waals surface area contributed by atoms with Crippen LogP contribution in [0, 0.1) is 10.7 Å². The van der Waals surface area contributed by atoms with E-state index < -0.39 is 11.9 Å². The third-order valence-electron chi connectivity index (χ3n) is 3.51. The Morgan fingerprint density at radius 3 is 1.85 bits per heavy atom.